The Hall–Kier alpha value is -5.20. The van der Waals surface area contributed by atoms with E-state index in [-0.39, 0.29) is 35.1 Å². The number of carbonyl (C=O) groups excluding carboxylic acids is 1. The Morgan fingerprint density at radius 3 is 2.47 bits per heavy atom. The van der Waals surface area contributed by atoms with E-state index in [2.05, 4.69) is 15.5 Å². The molecule has 1 aliphatic heterocycles. The van der Waals surface area contributed by atoms with Crippen molar-refractivity contribution in [1.82, 2.24) is 24.3 Å². The Morgan fingerprint density at radius 2 is 1.76 bits per heavy atom. The second kappa shape index (κ2) is 12.4. The molecule has 3 aromatic heterocycles. The zero-order valence-electron chi connectivity index (χ0n) is 27.8. The van der Waals surface area contributed by atoms with Crippen molar-refractivity contribution in [2.75, 3.05) is 31.7 Å². The largest absolute Gasteiger partial charge is 0.392 e. The number of morpholine rings is 1. The molecule has 2 N–H and O–H groups in total. The molecule has 4 heterocycles. The molecule has 1 aliphatic carbocycles. The second-order valence-electron chi connectivity index (χ2n) is 13.7. The number of rotatable bonds is 4. The predicted molar refractivity (Wildman–Crippen MR) is 184 cm³/mol. The third-order valence-electron chi connectivity index (χ3n) is 9.37. The summed E-state index contributed by atoms with van der Waals surface area (Å²) < 4.78 is 23.4. The lowest BCUT2D eigenvalue weighted by Crippen LogP contribution is -2.40. The number of nitrogens with zero attached hydrogens (tertiary/aromatic N) is 5. The molecule has 1 fully saturated rings. The molecule has 0 bridgehead atoms. The van der Waals surface area contributed by atoms with E-state index in [1.165, 1.54) is 27.8 Å². The summed E-state index contributed by atoms with van der Waals surface area (Å²) in [6, 6.07) is 11.9. The monoisotopic (exact) mass is 664 g/mol. The molecule has 1 amide bonds. The summed E-state index contributed by atoms with van der Waals surface area (Å²) >= 11 is 0. The van der Waals surface area contributed by atoms with E-state index in [0.717, 1.165) is 5.56 Å². The lowest BCUT2D eigenvalue weighted by atomic mass is 9.86. The van der Waals surface area contributed by atoms with Gasteiger partial charge in [0.2, 0.25) is 0 Å². The number of aliphatic hydroxyl groups excluding tert-OH is 1. The van der Waals surface area contributed by atoms with Gasteiger partial charge in [0.1, 0.15) is 11.6 Å². The first-order chi connectivity index (χ1) is 23.4. The summed E-state index contributed by atoms with van der Waals surface area (Å²) in [6.07, 6.45) is 4.16. The quantitative estimate of drug-likeness (QED) is 0.293. The summed E-state index contributed by atoms with van der Waals surface area (Å²) in [6.45, 7) is 9.66. The number of hydrogen-bond donors (Lipinski definition) is 2. The molecule has 0 spiro atoms. The van der Waals surface area contributed by atoms with E-state index in [4.69, 9.17) is 4.74 Å². The summed E-state index contributed by atoms with van der Waals surface area (Å²) in [5, 5.41) is 16.0. The Morgan fingerprint density at radius 1 is 1.00 bits per heavy atom. The maximum atomic E-state index is 15.5. The molecule has 12 heteroatoms. The molecule has 11 nitrogen and oxygen atoms in total. The fraction of sp³-hybridized carbons (Fsp3) is 0.324. The number of ether oxygens (including phenoxy) is 1. The highest BCUT2D eigenvalue weighted by molar-refractivity contribution is 5.94. The number of aromatic nitrogens is 4. The topological polar surface area (TPSA) is 132 Å². The molecule has 0 unspecified atom stereocenters. The molecule has 49 heavy (non-hydrogen) atoms. The van der Waals surface area contributed by atoms with Crippen LogP contribution in [-0.4, -0.2) is 67.8 Å². The Bertz CT molecular complexity index is 2230. The van der Waals surface area contributed by atoms with E-state index in [1.807, 2.05) is 26.8 Å². The average molecular weight is 665 g/mol. The van der Waals surface area contributed by atoms with Gasteiger partial charge in [0.25, 0.3) is 17.0 Å². The van der Waals surface area contributed by atoms with Gasteiger partial charge in [-0.05, 0) is 71.3 Å². The number of benzene rings is 2. The van der Waals surface area contributed by atoms with Gasteiger partial charge in [-0.1, -0.05) is 32.9 Å². The standard InChI is InChI=1S/C37H37FN6O5/c1-21-27-16-25(45)17-28-26(6-5-7-31(28)44-36(48)33-23(19-40-44)14-24(15-30(33)38)37(2,3)4)29(27)20-43(34(21)46)41-32-9-8-22(18-39-32)35(47)42-10-12-49-13-11-42/h5-9,14-15,18-20,25,45H,10-13,16-17H2,1-4H3,(H,39,41)/t25-/m1/s1. The number of anilines is 1. The maximum absolute atomic E-state index is 15.5. The molecule has 5 aromatic rings. The molecular formula is C37H37FN6O5. The van der Waals surface area contributed by atoms with Gasteiger partial charge in [-0.2, -0.15) is 9.78 Å². The van der Waals surface area contributed by atoms with Crippen LogP contribution in [0.3, 0.4) is 0 Å². The Kier molecular flexibility index (Phi) is 8.16. The Balaban J connectivity index is 1.29. The minimum absolute atomic E-state index is 0.0609. The molecule has 1 atom stereocenters. The first kappa shape index (κ1) is 32.4. The predicted octanol–water partition coefficient (Wildman–Crippen LogP) is 4.16. The lowest BCUT2D eigenvalue weighted by molar-refractivity contribution is 0.0302. The van der Waals surface area contributed by atoms with Crippen LogP contribution in [0.25, 0.3) is 27.6 Å². The van der Waals surface area contributed by atoms with Crippen LogP contribution in [0.5, 0.6) is 0 Å². The minimum atomic E-state index is -0.858. The maximum Gasteiger partial charge on any atom is 0.282 e. The van der Waals surface area contributed by atoms with Crippen molar-refractivity contribution in [3.8, 4) is 16.8 Å². The van der Waals surface area contributed by atoms with Gasteiger partial charge in [-0.15, -0.1) is 0 Å². The molecule has 7 rings (SSSR count). The zero-order chi connectivity index (χ0) is 34.6. The first-order valence-corrected chi connectivity index (χ1v) is 16.3. The molecular weight excluding hydrogens is 627 g/mol. The Labute approximate surface area is 281 Å². The molecule has 2 aliphatic rings. The first-order valence-electron chi connectivity index (χ1n) is 16.3. The van der Waals surface area contributed by atoms with Gasteiger partial charge in [0, 0.05) is 48.4 Å². The summed E-state index contributed by atoms with van der Waals surface area (Å²) in [5.74, 6) is -0.399. The second-order valence-corrected chi connectivity index (χ2v) is 13.7. The van der Waals surface area contributed by atoms with Crippen molar-refractivity contribution in [2.45, 2.75) is 52.1 Å². The van der Waals surface area contributed by atoms with E-state index in [0.29, 0.717) is 76.6 Å². The van der Waals surface area contributed by atoms with Crippen LogP contribution in [0.2, 0.25) is 0 Å². The van der Waals surface area contributed by atoms with Crippen molar-refractivity contribution in [2.24, 2.45) is 0 Å². The average Bonchev–Trinajstić information content (AvgIpc) is 3.23. The molecule has 2 aromatic carbocycles. The number of nitrogens with one attached hydrogen (secondary N) is 1. The number of aliphatic hydroxyl groups is 1. The van der Waals surface area contributed by atoms with Crippen molar-refractivity contribution < 1.29 is 19.0 Å². The van der Waals surface area contributed by atoms with Crippen molar-refractivity contribution >= 4 is 22.5 Å². The van der Waals surface area contributed by atoms with Gasteiger partial charge < -0.3 is 14.7 Å². The normalized spacial score (nSPS) is 16.2. The van der Waals surface area contributed by atoms with E-state index in [9.17, 15) is 19.5 Å². The molecule has 1 saturated heterocycles. The molecule has 0 radical (unpaired) electrons. The third-order valence-corrected chi connectivity index (χ3v) is 9.37. The van der Waals surface area contributed by atoms with Gasteiger partial charge in [0.05, 0.1) is 42.2 Å². The van der Waals surface area contributed by atoms with Gasteiger partial charge in [0.15, 0.2) is 0 Å². The number of carbonyl (C=O) groups is 1. The van der Waals surface area contributed by atoms with Crippen LogP contribution in [0.1, 0.15) is 53.4 Å². The lowest BCUT2D eigenvalue weighted by Gasteiger charge is -2.26. The smallest absolute Gasteiger partial charge is 0.282 e. The van der Waals surface area contributed by atoms with Gasteiger partial charge in [-0.25, -0.2) is 14.1 Å². The minimum Gasteiger partial charge on any atom is -0.392 e. The van der Waals surface area contributed by atoms with Crippen LogP contribution in [0, 0.1) is 12.7 Å². The van der Waals surface area contributed by atoms with E-state index in [1.54, 1.807) is 48.4 Å². The zero-order valence-corrected chi connectivity index (χ0v) is 27.8. The van der Waals surface area contributed by atoms with Gasteiger partial charge >= 0.3 is 0 Å². The summed E-state index contributed by atoms with van der Waals surface area (Å²) in [4.78, 5) is 46.4. The third kappa shape index (κ3) is 5.91. The highest BCUT2D eigenvalue weighted by atomic mass is 19.1. The molecule has 0 saturated carbocycles. The van der Waals surface area contributed by atoms with Crippen molar-refractivity contribution in [3.05, 3.63) is 115 Å². The van der Waals surface area contributed by atoms with Crippen LogP contribution >= 0.6 is 0 Å². The van der Waals surface area contributed by atoms with Crippen molar-refractivity contribution in [3.63, 3.8) is 0 Å². The summed E-state index contributed by atoms with van der Waals surface area (Å²) in [5.41, 5.74) is 6.57. The number of amides is 1. The number of fused-ring (bicyclic) bond motifs is 4. The number of hydrogen-bond acceptors (Lipinski definition) is 8. The fourth-order valence-electron chi connectivity index (χ4n) is 6.64. The van der Waals surface area contributed by atoms with E-state index < -0.39 is 17.5 Å². The van der Waals surface area contributed by atoms with Crippen molar-refractivity contribution in [1.29, 1.82) is 0 Å². The van der Waals surface area contributed by atoms with Crippen LogP contribution < -0.4 is 16.5 Å². The highest BCUT2D eigenvalue weighted by Crippen LogP contribution is 2.36. The SMILES string of the molecule is Cc1c2c(cn(Nc3ccc(C(=O)N4CCOCC4)cn3)c1=O)-c1cccc(-n3ncc4cc(C(C)(C)C)cc(F)c4c3=O)c1C[C@H](O)C2. The van der Waals surface area contributed by atoms with Crippen LogP contribution in [0.15, 0.2) is 70.6 Å². The van der Waals surface area contributed by atoms with Crippen LogP contribution in [0.4, 0.5) is 10.2 Å². The van der Waals surface area contributed by atoms with E-state index >= 15 is 4.39 Å². The van der Waals surface area contributed by atoms with Crippen LogP contribution in [-0.2, 0) is 23.0 Å². The number of halogens is 1. The fourth-order valence-corrected chi connectivity index (χ4v) is 6.64. The highest BCUT2D eigenvalue weighted by Gasteiger charge is 2.27. The molecule has 252 valence electrons. The summed E-state index contributed by atoms with van der Waals surface area (Å²) in [7, 11) is 0. The number of pyridine rings is 2. The van der Waals surface area contributed by atoms with Gasteiger partial charge in [-0.3, -0.25) is 19.8 Å².